The molecule has 6 nitrogen and oxygen atoms in total. The van der Waals surface area contributed by atoms with Gasteiger partial charge >= 0.3 is 0 Å². The van der Waals surface area contributed by atoms with Gasteiger partial charge in [-0.3, -0.25) is 10.1 Å². The average molecular weight is 348 g/mol. The zero-order valence-electron chi connectivity index (χ0n) is 13.9. The Hall–Kier alpha value is -2.41. The second-order valence-electron chi connectivity index (χ2n) is 5.83. The molecule has 2 rings (SSSR count). The van der Waals surface area contributed by atoms with Crippen LogP contribution in [0.15, 0.2) is 36.4 Å². The van der Waals surface area contributed by atoms with Crippen LogP contribution >= 0.6 is 0 Å². The molecule has 0 bridgehead atoms. The number of nitro groups is 1. The monoisotopic (exact) mass is 348 g/mol. The molecule has 0 amide bonds. The van der Waals surface area contributed by atoms with Crippen LogP contribution < -0.4 is 5.32 Å². The van der Waals surface area contributed by atoms with Gasteiger partial charge in [0.2, 0.25) is 0 Å². The molecule has 0 fully saturated rings. The Morgan fingerprint density at radius 3 is 2.29 bits per heavy atom. The smallest absolute Gasteiger partial charge is 0.272 e. The Bertz CT molecular complexity index is 876. The number of hydrogen-bond acceptors (Lipinski definition) is 5. The van der Waals surface area contributed by atoms with Crippen LogP contribution in [-0.2, 0) is 22.1 Å². The molecule has 24 heavy (non-hydrogen) atoms. The molecule has 2 aromatic carbocycles. The molecule has 0 aliphatic heterocycles. The third kappa shape index (κ3) is 4.32. The fourth-order valence-electron chi connectivity index (χ4n) is 2.56. The lowest BCUT2D eigenvalue weighted by atomic mass is 10.1. The van der Waals surface area contributed by atoms with Gasteiger partial charge in [0.1, 0.15) is 0 Å². The van der Waals surface area contributed by atoms with Gasteiger partial charge in [-0.25, -0.2) is 8.42 Å². The van der Waals surface area contributed by atoms with Crippen molar-refractivity contribution in [2.75, 3.05) is 11.6 Å². The molecule has 7 heteroatoms. The lowest BCUT2D eigenvalue weighted by Crippen LogP contribution is -2.07. The molecule has 0 heterocycles. The summed E-state index contributed by atoms with van der Waals surface area (Å²) in [4.78, 5) is 10.6. The standard InChI is InChI=1S/C17H20N2O4S/c1-12-15(11-24(3,22)23)7-4-8-16(12)18-10-14-6-5-9-17(13(14)2)19(20)21/h4-9,18H,10-11H2,1-3H3. The van der Waals surface area contributed by atoms with Gasteiger partial charge in [0, 0.05) is 30.1 Å². The number of hydrogen-bond donors (Lipinski definition) is 1. The molecule has 128 valence electrons. The summed E-state index contributed by atoms with van der Waals surface area (Å²) in [6.07, 6.45) is 1.21. The minimum absolute atomic E-state index is 0.00973. The average Bonchev–Trinajstić information content (AvgIpc) is 2.47. The Morgan fingerprint density at radius 2 is 1.67 bits per heavy atom. The molecule has 2 aromatic rings. The van der Waals surface area contributed by atoms with E-state index in [0.717, 1.165) is 22.4 Å². The van der Waals surface area contributed by atoms with Crippen molar-refractivity contribution in [2.24, 2.45) is 0 Å². The molecule has 0 spiro atoms. The Morgan fingerprint density at radius 1 is 1.04 bits per heavy atom. The first kappa shape index (κ1) is 17.9. The second kappa shape index (κ2) is 7.00. The van der Waals surface area contributed by atoms with Gasteiger partial charge in [-0.15, -0.1) is 0 Å². The van der Waals surface area contributed by atoms with Crippen molar-refractivity contribution in [2.45, 2.75) is 26.1 Å². The number of rotatable bonds is 6. The van der Waals surface area contributed by atoms with Crippen LogP contribution in [0.3, 0.4) is 0 Å². The van der Waals surface area contributed by atoms with Gasteiger partial charge in [-0.1, -0.05) is 24.3 Å². The lowest BCUT2D eigenvalue weighted by molar-refractivity contribution is -0.385. The van der Waals surface area contributed by atoms with Gasteiger partial charge in [0.05, 0.1) is 10.7 Å². The normalized spacial score (nSPS) is 11.3. The summed E-state index contributed by atoms with van der Waals surface area (Å²) in [6.45, 7) is 4.02. The molecule has 0 aliphatic carbocycles. The van der Waals surface area contributed by atoms with Crippen LogP contribution in [0, 0.1) is 24.0 Å². The predicted octanol–water partition coefficient (Wildman–Crippen LogP) is 3.37. The van der Waals surface area contributed by atoms with Gasteiger partial charge in [0.25, 0.3) is 5.69 Å². The number of anilines is 1. The van der Waals surface area contributed by atoms with Crippen molar-refractivity contribution in [3.05, 3.63) is 68.8 Å². The molecule has 0 unspecified atom stereocenters. The van der Waals surface area contributed by atoms with Gasteiger partial charge in [-0.2, -0.15) is 0 Å². The first-order valence-electron chi connectivity index (χ1n) is 7.42. The van der Waals surface area contributed by atoms with Crippen molar-refractivity contribution in [3.63, 3.8) is 0 Å². The van der Waals surface area contributed by atoms with E-state index in [1.165, 1.54) is 12.3 Å². The summed E-state index contributed by atoms with van der Waals surface area (Å²) in [7, 11) is -3.11. The van der Waals surface area contributed by atoms with Crippen molar-refractivity contribution >= 4 is 21.2 Å². The Balaban J connectivity index is 2.23. The van der Waals surface area contributed by atoms with E-state index in [4.69, 9.17) is 0 Å². The summed E-state index contributed by atoms with van der Waals surface area (Å²) in [5, 5.41) is 14.3. The highest BCUT2D eigenvalue weighted by molar-refractivity contribution is 7.89. The number of nitro benzene ring substituents is 1. The van der Waals surface area contributed by atoms with Crippen molar-refractivity contribution < 1.29 is 13.3 Å². The van der Waals surface area contributed by atoms with E-state index < -0.39 is 14.8 Å². The summed E-state index contributed by atoms with van der Waals surface area (Å²) in [5.74, 6) is -0.00973. The van der Waals surface area contributed by atoms with Crippen molar-refractivity contribution in [3.8, 4) is 0 Å². The van der Waals surface area contributed by atoms with Crippen LogP contribution in [0.25, 0.3) is 0 Å². The van der Waals surface area contributed by atoms with E-state index in [1.54, 1.807) is 25.1 Å². The molecule has 0 radical (unpaired) electrons. The van der Waals surface area contributed by atoms with E-state index in [1.807, 2.05) is 19.1 Å². The molecule has 0 aliphatic rings. The zero-order valence-corrected chi connectivity index (χ0v) is 14.7. The third-order valence-electron chi connectivity index (χ3n) is 3.95. The lowest BCUT2D eigenvalue weighted by Gasteiger charge is -2.14. The predicted molar refractivity (Wildman–Crippen MR) is 94.9 cm³/mol. The van der Waals surface area contributed by atoms with Gasteiger partial charge in [0.15, 0.2) is 9.84 Å². The maximum Gasteiger partial charge on any atom is 0.272 e. The first-order chi connectivity index (χ1) is 11.2. The summed E-state index contributed by atoms with van der Waals surface area (Å²) < 4.78 is 23.0. The number of sulfone groups is 1. The molecular formula is C17H20N2O4S. The third-order valence-corrected chi connectivity index (χ3v) is 4.78. The maximum atomic E-state index is 11.5. The van der Waals surface area contributed by atoms with Crippen LogP contribution in [0.1, 0.15) is 22.3 Å². The summed E-state index contributed by atoms with van der Waals surface area (Å²) in [6, 6.07) is 10.4. The quantitative estimate of drug-likeness (QED) is 0.638. The van der Waals surface area contributed by atoms with Gasteiger partial charge in [-0.05, 0) is 36.6 Å². The largest absolute Gasteiger partial charge is 0.381 e. The molecule has 0 aromatic heterocycles. The fraction of sp³-hybridized carbons (Fsp3) is 0.294. The Labute approximate surface area is 141 Å². The second-order valence-corrected chi connectivity index (χ2v) is 7.97. The zero-order chi connectivity index (χ0) is 17.9. The molecule has 0 atom stereocenters. The molecule has 0 saturated heterocycles. The Kier molecular flexibility index (Phi) is 5.23. The highest BCUT2D eigenvalue weighted by atomic mass is 32.2. The molecular weight excluding hydrogens is 328 g/mol. The maximum absolute atomic E-state index is 11.5. The summed E-state index contributed by atoms with van der Waals surface area (Å²) >= 11 is 0. The highest BCUT2D eigenvalue weighted by Gasteiger charge is 2.14. The van der Waals surface area contributed by atoms with Crippen molar-refractivity contribution in [1.29, 1.82) is 0 Å². The molecule has 0 saturated carbocycles. The minimum atomic E-state index is -3.11. The number of nitrogens with one attached hydrogen (secondary N) is 1. The van der Waals surface area contributed by atoms with E-state index in [9.17, 15) is 18.5 Å². The van der Waals surface area contributed by atoms with Crippen LogP contribution in [0.4, 0.5) is 11.4 Å². The van der Waals surface area contributed by atoms with Crippen LogP contribution in [-0.4, -0.2) is 19.6 Å². The molecule has 1 N–H and O–H groups in total. The van der Waals surface area contributed by atoms with E-state index in [0.29, 0.717) is 12.1 Å². The topological polar surface area (TPSA) is 89.3 Å². The summed E-state index contributed by atoms with van der Waals surface area (Å²) in [5.41, 5.74) is 3.99. The van der Waals surface area contributed by atoms with E-state index in [-0.39, 0.29) is 11.4 Å². The van der Waals surface area contributed by atoms with Crippen LogP contribution in [0.5, 0.6) is 0 Å². The fourth-order valence-corrected chi connectivity index (χ4v) is 3.44. The SMILES string of the molecule is Cc1c(CS(C)(=O)=O)cccc1NCc1cccc([N+](=O)[O-])c1C. The number of benzene rings is 2. The first-order valence-corrected chi connectivity index (χ1v) is 9.48. The van der Waals surface area contributed by atoms with E-state index >= 15 is 0 Å². The van der Waals surface area contributed by atoms with Crippen molar-refractivity contribution in [1.82, 2.24) is 0 Å². The number of nitrogens with zero attached hydrogens (tertiary/aromatic N) is 1. The van der Waals surface area contributed by atoms with E-state index in [2.05, 4.69) is 5.32 Å². The van der Waals surface area contributed by atoms with Crippen LogP contribution in [0.2, 0.25) is 0 Å². The van der Waals surface area contributed by atoms with Gasteiger partial charge < -0.3 is 5.32 Å². The highest BCUT2D eigenvalue weighted by Crippen LogP contribution is 2.24. The minimum Gasteiger partial charge on any atom is -0.381 e.